The fourth-order valence-corrected chi connectivity index (χ4v) is 2.67. The van der Waals surface area contributed by atoms with Crippen molar-refractivity contribution in [3.05, 3.63) is 47.7 Å². The molecule has 0 radical (unpaired) electrons. The second kappa shape index (κ2) is 6.76. The third-order valence-corrected chi connectivity index (χ3v) is 4.57. The number of hydrogen-bond donors (Lipinski definition) is 2. The van der Waals surface area contributed by atoms with E-state index in [1.165, 1.54) is 25.3 Å². The molecule has 1 amide bonds. The minimum Gasteiger partial charge on any atom is -0.307 e. The highest BCUT2D eigenvalue weighted by Crippen LogP contribution is 2.12. The van der Waals surface area contributed by atoms with Crippen LogP contribution < -0.4 is 10.0 Å². The van der Waals surface area contributed by atoms with Crippen molar-refractivity contribution >= 4 is 27.8 Å². The summed E-state index contributed by atoms with van der Waals surface area (Å²) >= 11 is 0. The third-order valence-electron chi connectivity index (χ3n) is 3.14. The van der Waals surface area contributed by atoms with E-state index in [1.54, 1.807) is 36.0 Å². The number of nitrogens with zero attached hydrogens (tertiary/aromatic N) is 2. The first-order valence-electron chi connectivity index (χ1n) is 6.85. The minimum absolute atomic E-state index is 0.173. The van der Waals surface area contributed by atoms with Gasteiger partial charge in [-0.2, -0.15) is 5.10 Å². The number of nitrogens with one attached hydrogen (secondary N) is 2. The van der Waals surface area contributed by atoms with Gasteiger partial charge in [0.2, 0.25) is 15.9 Å². The van der Waals surface area contributed by atoms with Crippen molar-refractivity contribution in [2.75, 3.05) is 12.4 Å². The van der Waals surface area contributed by atoms with Crippen LogP contribution in [0.4, 0.5) is 5.82 Å². The highest BCUT2D eigenvalue weighted by molar-refractivity contribution is 7.89. The number of benzene rings is 1. The Morgan fingerprint density at radius 1 is 1.26 bits per heavy atom. The van der Waals surface area contributed by atoms with E-state index >= 15 is 0 Å². The van der Waals surface area contributed by atoms with Crippen LogP contribution in [-0.2, 0) is 21.9 Å². The second-order valence-electron chi connectivity index (χ2n) is 4.89. The molecule has 0 fully saturated rings. The lowest BCUT2D eigenvalue weighted by Crippen LogP contribution is -2.18. The molecule has 1 aromatic carbocycles. The third kappa shape index (κ3) is 4.27. The van der Waals surface area contributed by atoms with Gasteiger partial charge in [0.15, 0.2) is 0 Å². The Bertz CT molecular complexity index is 836. The van der Waals surface area contributed by atoms with E-state index in [-0.39, 0.29) is 10.8 Å². The predicted molar refractivity (Wildman–Crippen MR) is 88.3 cm³/mol. The lowest BCUT2D eigenvalue weighted by atomic mass is 10.2. The SMILES string of the molecule is CNS(=O)(=O)c1ccc(C=CC(=O)Nc2cc(C)nn2C)cc1. The summed E-state index contributed by atoms with van der Waals surface area (Å²) in [4.78, 5) is 12.0. The standard InChI is InChI=1S/C15H18N4O3S/c1-11-10-14(19(3)18-11)17-15(20)9-6-12-4-7-13(8-5-12)23(21,22)16-2/h4-10,16H,1-3H3,(H,17,20). The largest absolute Gasteiger partial charge is 0.307 e. The van der Waals surface area contributed by atoms with Crippen molar-refractivity contribution in [3.8, 4) is 0 Å². The van der Waals surface area contributed by atoms with E-state index in [1.807, 2.05) is 6.92 Å². The van der Waals surface area contributed by atoms with Gasteiger partial charge in [-0.3, -0.25) is 9.48 Å². The average molecular weight is 334 g/mol. The van der Waals surface area contributed by atoms with Crippen LogP contribution in [0.2, 0.25) is 0 Å². The van der Waals surface area contributed by atoms with Gasteiger partial charge in [0.05, 0.1) is 10.6 Å². The number of carbonyl (C=O) groups excluding carboxylic acids is 1. The molecule has 2 rings (SSSR count). The van der Waals surface area contributed by atoms with Crippen molar-refractivity contribution < 1.29 is 13.2 Å². The van der Waals surface area contributed by atoms with Crippen molar-refractivity contribution in [2.24, 2.45) is 7.05 Å². The van der Waals surface area contributed by atoms with Gasteiger partial charge in [-0.15, -0.1) is 0 Å². The minimum atomic E-state index is -3.45. The fraction of sp³-hybridized carbons (Fsp3) is 0.200. The summed E-state index contributed by atoms with van der Waals surface area (Å²) in [5.41, 5.74) is 1.53. The van der Waals surface area contributed by atoms with Gasteiger partial charge >= 0.3 is 0 Å². The number of hydrogen-bond acceptors (Lipinski definition) is 4. The number of amides is 1. The fourth-order valence-electron chi connectivity index (χ4n) is 1.94. The first-order chi connectivity index (χ1) is 10.8. The van der Waals surface area contributed by atoms with Crippen LogP contribution in [-0.4, -0.2) is 31.2 Å². The first-order valence-corrected chi connectivity index (χ1v) is 8.33. The van der Waals surface area contributed by atoms with Gasteiger partial charge in [0.1, 0.15) is 5.82 Å². The second-order valence-corrected chi connectivity index (χ2v) is 6.78. The lowest BCUT2D eigenvalue weighted by molar-refractivity contribution is -0.111. The topological polar surface area (TPSA) is 93.1 Å². The summed E-state index contributed by atoms with van der Waals surface area (Å²) in [7, 11) is -0.354. The Balaban J connectivity index is 2.05. The zero-order chi connectivity index (χ0) is 17.0. The summed E-state index contributed by atoms with van der Waals surface area (Å²) in [6.07, 6.45) is 2.98. The van der Waals surface area contributed by atoms with Crippen LogP contribution in [0.25, 0.3) is 6.08 Å². The lowest BCUT2D eigenvalue weighted by Gasteiger charge is -2.03. The first kappa shape index (κ1) is 16.9. The van der Waals surface area contributed by atoms with Gasteiger partial charge in [0.25, 0.3) is 0 Å². The molecular formula is C15H18N4O3S. The molecule has 0 aliphatic carbocycles. The van der Waals surface area contributed by atoms with Crippen molar-refractivity contribution in [1.29, 1.82) is 0 Å². The highest BCUT2D eigenvalue weighted by Gasteiger charge is 2.10. The zero-order valence-electron chi connectivity index (χ0n) is 13.1. The Labute approximate surface area is 135 Å². The molecule has 0 aliphatic rings. The molecule has 2 N–H and O–H groups in total. The summed E-state index contributed by atoms with van der Waals surface area (Å²) in [5.74, 6) is 0.313. The number of aryl methyl sites for hydroxylation is 2. The van der Waals surface area contributed by atoms with E-state index in [0.717, 1.165) is 11.3 Å². The quantitative estimate of drug-likeness (QED) is 0.806. The molecule has 0 atom stereocenters. The molecule has 7 nitrogen and oxygen atoms in total. The molecule has 0 unspecified atom stereocenters. The molecule has 1 heterocycles. The summed E-state index contributed by atoms with van der Waals surface area (Å²) in [5, 5.41) is 6.85. The molecule has 8 heteroatoms. The number of anilines is 1. The van der Waals surface area contributed by atoms with Crippen LogP contribution >= 0.6 is 0 Å². The maximum absolute atomic E-state index is 11.9. The van der Waals surface area contributed by atoms with E-state index < -0.39 is 10.0 Å². The van der Waals surface area contributed by atoms with E-state index in [0.29, 0.717) is 5.82 Å². The van der Waals surface area contributed by atoms with Gasteiger partial charge in [0, 0.05) is 19.2 Å². The highest BCUT2D eigenvalue weighted by atomic mass is 32.2. The Morgan fingerprint density at radius 3 is 2.43 bits per heavy atom. The molecular weight excluding hydrogens is 316 g/mol. The summed E-state index contributed by atoms with van der Waals surface area (Å²) in [6.45, 7) is 1.84. The number of sulfonamides is 1. The van der Waals surface area contributed by atoms with Crippen molar-refractivity contribution in [3.63, 3.8) is 0 Å². The summed E-state index contributed by atoms with van der Waals surface area (Å²) in [6, 6.07) is 7.98. The van der Waals surface area contributed by atoms with Gasteiger partial charge in [-0.1, -0.05) is 12.1 Å². The molecule has 2 aromatic rings. The Kier molecular flexibility index (Phi) is 4.97. The molecule has 0 spiro atoms. The van der Waals surface area contributed by atoms with Crippen LogP contribution in [0.3, 0.4) is 0 Å². The molecule has 0 saturated heterocycles. The van der Waals surface area contributed by atoms with Crippen molar-refractivity contribution in [2.45, 2.75) is 11.8 Å². The predicted octanol–water partition coefficient (Wildman–Crippen LogP) is 1.29. The molecule has 0 saturated carbocycles. The maximum Gasteiger partial charge on any atom is 0.249 e. The van der Waals surface area contributed by atoms with E-state index in [2.05, 4.69) is 15.1 Å². The summed E-state index contributed by atoms with van der Waals surface area (Å²) < 4.78 is 27.1. The van der Waals surface area contributed by atoms with Crippen LogP contribution in [0, 0.1) is 6.92 Å². The number of carbonyl (C=O) groups is 1. The van der Waals surface area contributed by atoms with Gasteiger partial charge in [-0.25, -0.2) is 13.1 Å². The van der Waals surface area contributed by atoms with Crippen LogP contribution in [0.15, 0.2) is 41.3 Å². The maximum atomic E-state index is 11.9. The Hall–Kier alpha value is -2.45. The Morgan fingerprint density at radius 2 is 1.91 bits per heavy atom. The van der Waals surface area contributed by atoms with Crippen LogP contribution in [0.5, 0.6) is 0 Å². The smallest absolute Gasteiger partial charge is 0.249 e. The monoisotopic (exact) mass is 334 g/mol. The normalized spacial score (nSPS) is 11.8. The number of aromatic nitrogens is 2. The number of rotatable bonds is 5. The molecule has 23 heavy (non-hydrogen) atoms. The zero-order valence-corrected chi connectivity index (χ0v) is 13.9. The molecule has 122 valence electrons. The van der Waals surface area contributed by atoms with Crippen molar-refractivity contribution in [1.82, 2.24) is 14.5 Å². The molecule has 0 aliphatic heterocycles. The average Bonchev–Trinajstić information content (AvgIpc) is 2.83. The van der Waals surface area contributed by atoms with Gasteiger partial charge < -0.3 is 5.32 Å². The van der Waals surface area contributed by atoms with Crippen LogP contribution in [0.1, 0.15) is 11.3 Å². The molecule has 0 bridgehead atoms. The van der Waals surface area contributed by atoms with Gasteiger partial charge in [-0.05, 0) is 37.7 Å². The van der Waals surface area contributed by atoms with E-state index in [4.69, 9.17) is 0 Å². The molecule has 1 aromatic heterocycles. The van der Waals surface area contributed by atoms with E-state index in [9.17, 15) is 13.2 Å².